The second kappa shape index (κ2) is 5.10. The van der Waals surface area contributed by atoms with E-state index in [9.17, 15) is 0 Å². The van der Waals surface area contributed by atoms with E-state index in [1.54, 1.807) is 4.90 Å². The minimum atomic E-state index is 0.492. The normalized spacial score (nSPS) is 35.8. The van der Waals surface area contributed by atoms with Crippen molar-refractivity contribution in [1.29, 1.82) is 0 Å². The molecule has 0 bridgehead atoms. The summed E-state index contributed by atoms with van der Waals surface area (Å²) in [4.78, 5) is 1.75. The van der Waals surface area contributed by atoms with Crippen molar-refractivity contribution in [3.05, 3.63) is 0 Å². The number of hydrogen-bond donors (Lipinski definition) is 2. The van der Waals surface area contributed by atoms with E-state index in [1.165, 1.54) is 45.3 Å². The summed E-state index contributed by atoms with van der Waals surface area (Å²) in [6.07, 6.45) is 5.19. The van der Waals surface area contributed by atoms with Crippen LogP contribution >= 0.6 is 0 Å². The van der Waals surface area contributed by atoms with Crippen LogP contribution in [0.5, 0.6) is 0 Å². The Morgan fingerprint density at radius 3 is 2.36 bits per heavy atom. The van der Waals surface area contributed by atoms with Crippen LogP contribution in [0.25, 0.3) is 0 Å². The maximum absolute atomic E-state index is 5.90. The van der Waals surface area contributed by atoms with Crippen molar-refractivity contribution >= 4 is 0 Å². The topological polar surface area (TPSA) is 39.7 Å². The molecule has 0 radical (unpaired) electrons. The lowest BCUT2D eigenvalue weighted by atomic mass is 9.86. The van der Waals surface area contributed by atoms with Crippen molar-refractivity contribution in [2.24, 2.45) is 11.7 Å². The molecule has 1 heterocycles. The molecule has 1 saturated carbocycles. The lowest BCUT2D eigenvalue weighted by Gasteiger charge is -2.31. The molecule has 82 valence electrons. The summed E-state index contributed by atoms with van der Waals surface area (Å²) in [6, 6.07) is 0.492. The number of quaternary nitrogens is 1. The Bertz CT molecular complexity index is 161. The van der Waals surface area contributed by atoms with Gasteiger partial charge in [-0.05, 0) is 25.7 Å². The first-order valence-electron chi connectivity index (χ1n) is 6.01. The van der Waals surface area contributed by atoms with Crippen LogP contribution in [-0.2, 0) is 4.74 Å². The Kier molecular flexibility index (Phi) is 3.79. The Morgan fingerprint density at radius 2 is 1.71 bits per heavy atom. The first-order valence-corrected chi connectivity index (χ1v) is 6.01. The molecule has 1 aliphatic heterocycles. The van der Waals surface area contributed by atoms with Crippen LogP contribution < -0.4 is 10.6 Å². The SMILES string of the molecule is NC1CCC(C[NH+]2CCOCC2)CC1. The Morgan fingerprint density at radius 1 is 1.07 bits per heavy atom. The predicted octanol–water partition coefficient (Wildman–Crippen LogP) is -0.581. The van der Waals surface area contributed by atoms with Crippen LogP contribution in [0.15, 0.2) is 0 Å². The summed E-state index contributed by atoms with van der Waals surface area (Å²) in [6.45, 7) is 5.70. The summed E-state index contributed by atoms with van der Waals surface area (Å²) in [7, 11) is 0. The fraction of sp³-hybridized carbons (Fsp3) is 1.00. The number of morpholine rings is 1. The summed E-state index contributed by atoms with van der Waals surface area (Å²) >= 11 is 0. The Hall–Kier alpha value is -0.120. The van der Waals surface area contributed by atoms with E-state index in [0.717, 1.165) is 19.1 Å². The van der Waals surface area contributed by atoms with E-state index in [1.807, 2.05) is 0 Å². The molecule has 0 aromatic rings. The molecule has 3 nitrogen and oxygen atoms in total. The highest BCUT2D eigenvalue weighted by molar-refractivity contribution is 4.73. The van der Waals surface area contributed by atoms with Gasteiger partial charge in [-0.2, -0.15) is 0 Å². The highest BCUT2D eigenvalue weighted by Crippen LogP contribution is 2.21. The van der Waals surface area contributed by atoms with Gasteiger partial charge in [0, 0.05) is 12.0 Å². The predicted molar refractivity (Wildman–Crippen MR) is 56.3 cm³/mol. The fourth-order valence-corrected chi connectivity index (χ4v) is 2.66. The smallest absolute Gasteiger partial charge is 0.101 e. The second-order valence-electron chi connectivity index (χ2n) is 4.85. The minimum Gasteiger partial charge on any atom is -0.370 e. The molecule has 3 N–H and O–H groups in total. The van der Waals surface area contributed by atoms with E-state index < -0.39 is 0 Å². The van der Waals surface area contributed by atoms with Gasteiger partial charge in [-0.15, -0.1) is 0 Å². The Labute approximate surface area is 86.6 Å². The molecular formula is C11H23N2O+. The van der Waals surface area contributed by atoms with Crippen molar-refractivity contribution in [1.82, 2.24) is 0 Å². The van der Waals surface area contributed by atoms with Gasteiger partial charge in [0.05, 0.1) is 19.8 Å². The molecule has 1 saturated heterocycles. The molecule has 0 unspecified atom stereocenters. The van der Waals surface area contributed by atoms with Gasteiger partial charge in [-0.3, -0.25) is 0 Å². The van der Waals surface area contributed by atoms with E-state index >= 15 is 0 Å². The monoisotopic (exact) mass is 199 g/mol. The fourth-order valence-electron chi connectivity index (χ4n) is 2.66. The number of nitrogens with one attached hydrogen (secondary N) is 1. The van der Waals surface area contributed by atoms with Crippen LogP contribution in [0.1, 0.15) is 25.7 Å². The quantitative estimate of drug-likeness (QED) is 0.624. The van der Waals surface area contributed by atoms with Gasteiger partial charge in [-0.1, -0.05) is 0 Å². The van der Waals surface area contributed by atoms with E-state index in [4.69, 9.17) is 10.5 Å². The molecule has 1 aliphatic carbocycles. The molecular weight excluding hydrogens is 176 g/mol. The van der Waals surface area contributed by atoms with Crippen LogP contribution in [0.3, 0.4) is 0 Å². The summed E-state index contributed by atoms with van der Waals surface area (Å²) in [5.74, 6) is 0.933. The lowest BCUT2D eigenvalue weighted by molar-refractivity contribution is -0.911. The van der Waals surface area contributed by atoms with Gasteiger partial charge in [-0.25, -0.2) is 0 Å². The van der Waals surface area contributed by atoms with Gasteiger partial charge in [0.25, 0.3) is 0 Å². The summed E-state index contributed by atoms with van der Waals surface area (Å²) in [5.41, 5.74) is 5.90. The molecule has 2 fully saturated rings. The van der Waals surface area contributed by atoms with Gasteiger partial charge >= 0.3 is 0 Å². The summed E-state index contributed by atoms with van der Waals surface area (Å²) < 4.78 is 5.37. The maximum atomic E-state index is 5.90. The highest BCUT2D eigenvalue weighted by atomic mass is 16.5. The zero-order valence-electron chi connectivity index (χ0n) is 9.00. The maximum Gasteiger partial charge on any atom is 0.101 e. The molecule has 0 atom stereocenters. The van der Waals surface area contributed by atoms with Crippen molar-refractivity contribution in [3.8, 4) is 0 Å². The molecule has 0 aromatic carbocycles. The average Bonchev–Trinajstić information content (AvgIpc) is 2.23. The van der Waals surface area contributed by atoms with Crippen molar-refractivity contribution in [3.63, 3.8) is 0 Å². The van der Waals surface area contributed by atoms with Crippen molar-refractivity contribution in [2.75, 3.05) is 32.8 Å². The number of nitrogens with two attached hydrogens (primary N) is 1. The van der Waals surface area contributed by atoms with Gasteiger partial charge in [0.2, 0.25) is 0 Å². The van der Waals surface area contributed by atoms with Gasteiger partial charge in [0.1, 0.15) is 13.1 Å². The molecule has 3 heteroatoms. The third-order valence-electron chi connectivity index (χ3n) is 3.67. The second-order valence-corrected chi connectivity index (χ2v) is 4.85. The molecule has 14 heavy (non-hydrogen) atoms. The van der Waals surface area contributed by atoms with Gasteiger partial charge in [0.15, 0.2) is 0 Å². The number of hydrogen-bond acceptors (Lipinski definition) is 2. The van der Waals surface area contributed by atoms with Crippen LogP contribution in [0, 0.1) is 5.92 Å². The first kappa shape index (κ1) is 10.4. The van der Waals surface area contributed by atoms with Crippen molar-refractivity contribution < 1.29 is 9.64 Å². The van der Waals surface area contributed by atoms with E-state index in [2.05, 4.69) is 0 Å². The molecule has 0 spiro atoms. The van der Waals surface area contributed by atoms with Crippen molar-refractivity contribution in [2.45, 2.75) is 31.7 Å². The van der Waals surface area contributed by atoms with E-state index in [0.29, 0.717) is 6.04 Å². The third kappa shape index (κ3) is 2.94. The standard InChI is InChI=1S/C11H22N2O/c12-11-3-1-10(2-4-11)9-13-5-7-14-8-6-13/h10-11H,1-9,12H2/p+1. The molecule has 0 amide bonds. The number of rotatable bonds is 2. The Balaban J connectivity index is 1.68. The van der Waals surface area contributed by atoms with Crippen LogP contribution in [0.2, 0.25) is 0 Å². The van der Waals surface area contributed by atoms with Crippen LogP contribution in [-0.4, -0.2) is 38.9 Å². The highest BCUT2D eigenvalue weighted by Gasteiger charge is 2.23. The first-order chi connectivity index (χ1) is 6.84. The molecule has 2 rings (SSSR count). The average molecular weight is 199 g/mol. The molecule has 0 aromatic heterocycles. The lowest BCUT2D eigenvalue weighted by Crippen LogP contribution is -3.14. The zero-order valence-corrected chi connectivity index (χ0v) is 9.00. The zero-order chi connectivity index (χ0) is 9.80. The van der Waals surface area contributed by atoms with Gasteiger partial charge < -0.3 is 15.4 Å². The third-order valence-corrected chi connectivity index (χ3v) is 3.67. The van der Waals surface area contributed by atoms with Crippen LogP contribution in [0.4, 0.5) is 0 Å². The minimum absolute atomic E-state index is 0.492. The molecule has 2 aliphatic rings. The largest absolute Gasteiger partial charge is 0.370 e. The summed E-state index contributed by atoms with van der Waals surface area (Å²) in [5, 5.41) is 0. The van der Waals surface area contributed by atoms with E-state index in [-0.39, 0.29) is 0 Å². The number of ether oxygens (including phenoxy) is 1.